The van der Waals surface area contributed by atoms with E-state index in [9.17, 15) is 38.7 Å². The molecule has 1 saturated carbocycles. The second-order valence-electron chi connectivity index (χ2n) is 18.9. The molecule has 4 aliphatic heterocycles. The Morgan fingerprint density at radius 2 is 1.82 bits per heavy atom. The maximum Gasteiger partial charge on any atom is 0.409 e. The predicted molar refractivity (Wildman–Crippen MR) is 255 cm³/mol. The smallest absolute Gasteiger partial charge is 0.409 e. The monoisotopic (exact) mass is 985 g/mol. The maximum absolute atomic E-state index is 14.3. The molecule has 4 heterocycles. The quantitative estimate of drug-likeness (QED) is 0.119. The van der Waals surface area contributed by atoms with Gasteiger partial charge in [-0.25, -0.2) is 9.59 Å². The van der Waals surface area contributed by atoms with E-state index in [-0.39, 0.29) is 66.0 Å². The van der Waals surface area contributed by atoms with Crippen molar-refractivity contribution in [3.8, 4) is 5.75 Å². The van der Waals surface area contributed by atoms with Gasteiger partial charge in [0.1, 0.15) is 40.7 Å². The minimum Gasteiger partial charge on any atom is -0.495 e. The summed E-state index contributed by atoms with van der Waals surface area (Å²) in [6.07, 6.45) is 3.39. The van der Waals surface area contributed by atoms with E-state index in [1.165, 1.54) is 54.7 Å². The summed E-state index contributed by atoms with van der Waals surface area (Å²) in [6, 6.07) is 2.43. The van der Waals surface area contributed by atoms with Crippen molar-refractivity contribution in [2.45, 2.75) is 133 Å². The van der Waals surface area contributed by atoms with Crippen LogP contribution in [-0.2, 0) is 54.1 Å². The van der Waals surface area contributed by atoms with Crippen molar-refractivity contribution in [1.29, 1.82) is 0 Å². The van der Waals surface area contributed by atoms with Crippen LogP contribution in [0.15, 0.2) is 35.9 Å². The van der Waals surface area contributed by atoms with E-state index in [1.54, 1.807) is 53.2 Å². The van der Waals surface area contributed by atoms with Crippen LogP contribution < -0.4 is 20.2 Å². The number of imide groups is 1. The van der Waals surface area contributed by atoms with Gasteiger partial charge in [-0.2, -0.15) is 0 Å². The van der Waals surface area contributed by atoms with Crippen molar-refractivity contribution < 1.29 is 62.4 Å². The highest BCUT2D eigenvalue weighted by atomic mass is 35.5. The molecular formula is C47H65BClN5O13S. The molecule has 6 amide bonds. The fourth-order valence-corrected chi connectivity index (χ4v) is 11.1. The molecule has 0 spiro atoms. The lowest BCUT2D eigenvalue weighted by Crippen LogP contribution is -2.63. The number of anilines is 1. The number of esters is 1. The van der Waals surface area contributed by atoms with E-state index in [0.29, 0.717) is 37.2 Å². The van der Waals surface area contributed by atoms with Gasteiger partial charge in [0.05, 0.1) is 30.6 Å². The van der Waals surface area contributed by atoms with Crippen LogP contribution in [0.25, 0.3) is 0 Å². The van der Waals surface area contributed by atoms with Crippen LogP contribution in [0.2, 0.25) is 5.02 Å². The zero-order valence-corrected chi connectivity index (χ0v) is 41.9. The molecule has 6 rings (SSSR count). The number of hydrogen-bond acceptors (Lipinski definition) is 14. The number of halogens is 1. The number of likely N-dealkylation sites (N-methyl/N-ethyl adjacent to an activating group) is 1. The van der Waals surface area contributed by atoms with Crippen molar-refractivity contribution >= 4 is 78.6 Å². The number of hydrogen-bond donors (Lipinski definition) is 3. The lowest BCUT2D eigenvalue weighted by atomic mass is 9.81. The second-order valence-corrected chi connectivity index (χ2v) is 20.6. The molecule has 1 aromatic carbocycles. The number of epoxide rings is 1. The normalized spacial score (nSPS) is 32.7. The predicted octanol–water partition coefficient (Wildman–Crippen LogP) is 3.24. The summed E-state index contributed by atoms with van der Waals surface area (Å²) in [7, 11) is 7.52. The van der Waals surface area contributed by atoms with Gasteiger partial charge in [0, 0.05) is 64.6 Å². The standard InChI is InChI=1S/C47H65BClN5O13S/c1-25-10-9-11-35(64-8)47(62)23-33(65-45(61)50-47)26(2)41-46(4,67-41)36(22-38(56)53(6)31-19-29(18-25)20-32(63-7)40(31)49)66-44(60)27(3)52(5)37(55)16-17-68-34-21-39(57)54(43(34)59)24-28-12-14-30(15-13-28)42(58)51-48/h9-11,19-20,26-28,30,33-36,41,62H,12-18,21-24,48H2,1-8H3,(H,50,61)(H,51,58)/b11-9+,25-10+/t26-,27?,28?,30?,33+,34?,35-,36?,41+,46+,47+/m1/s1. The van der Waals surface area contributed by atoms with Gasteiger partial charge in [0.25, 0.3) is 0 Å². The largest absolute Gasteiger partial charge is 0.495 e. The van der Waals surface area contributed by atoms with Gasteiger partial charge in [-0.15, -0.1) is 11.8 Å². The van der Waals surface area contributed by atoms with Crippen LogP contribution in [0.3, 0.4) is 0 Å². The SMILES string of the molecule is BNC(=O)C1CCC(CN2C(=O)CC(SCCC(=O)N(C)C(C)C(=O)OC3CC(=O)N(C)c4cc(cc(OC)c4Cl)C/C(C)=C/C=C/[C@@H](OC)[C@@]4(O)C[C@H](OC(=O)N4)[C@@H](C)[C@@H]4O[C@@]34C)C2=O)CC1. The first-order valence-electron chi connectivity index (χ1n) is 23.2. The molecule has 68 heavy (non-hydrogen) atoms. The van der Waals surface area contributed by atoms with Crippen molar-refractivity contribution in [3.05, 3.63) is 46.5 Å². The molecule has 4 bridgehead atoms. The summed E-state index contributed by atoms with van der Waals surface area (Å²) in [6.45, 7) is 7.19. The van der Waals surface area contributed by atoms with Gasteiger partial charge >= 0.3 is 12.1 Å². The Hall–Kier alpha value is -4.63. The van der Waals surface area contributed by atoms with Crippen molar-refractivity contribution in [1.82, 2.24) is 20.3 Å². The number of carbonyl (C=O) groups is 7. The summed E-state index contributed by atoms with van der Waals surface area (Å²) in [5.41, 5.74) is -1.14. The number of alkyl carbamates (subject to hydrolysis) is 1. The van der Waals surface area contributed by atoms with Crippen LogP contribution in [0.4, 0.5) is 10.5 Å². The van der Waals surface area contributed by atoms with E-state index < -0.39 is 76.8 Å². The molecule has 3 saturated heterocycles. The Morgan fingerprint density at radius 3 is 2.49 bits per heavy atom. The van der Waals surface area contributed by atoms with Crippen LogP contribution in [-0.4, -0.2) is 152 Å². The summed E-state index contributed by atoms with van der Waals surface area (Å²) >= 11 is 8.03. The molecule has 0 radical (unpaired) electrons. The number of thioether (sulfide) groups is 1. The molecule has 3 N–H and O–H groups in total. The van der Waals surface area contributed by atoms with Crippen molar-refractivity contribution in [3.63, 3.8) is 0 Å². The Labute approximate surface area is 407 Å². The third-order valence-corrected chi connectivity index (χ3v) is 15.9. The molecule has 21 heteroatoms. The van der Waals surface area contributed by atoms with E-state index in [2.05, 4.69) is 10.5 Å². The summed E-state index contributed by atoms with van der Waals surface area (Å²) in [5, 5.41) is 16.6. The summed E-state index contributed by atoms with van der Waals surface area (Å²) in [4.78, 5) is 97.2. The number of aliphatic hydroxyl groups is 1. The maximum atomic E-state index is 14.3. The zero-order valence-electron chi connectivity index (χ0n) is 40.3. The molecule has 5 aliphatic rings. The zero-order chi connectivity index (χ0) is 49.8. The number of carbonyl (C=O) groups excluding carboxylic acids is 7. The number of rotatable bonds is 12. The number of nitrogens with zero attached hydrogens (tertiary/aromatic N) is 3. The molecule has 1 aliphatic carbocycles. The van der Waals surface area contributed by atoms with Gasteiger partial charge in [-0.3, -0.25) is 34.2 Å². The lowest BCUT2D eigenvalue weighted by molar-refractivity contribution is -0.162. The Balaban J connectivity index is 1.15. The van der Waals surface area contributed by atoms with Crippen molar-refractivity contribution in [2.75, 3.05) is 45.5 Å². The highest BCUT2D eigenvalue weighted by Crippen LogP contribution is 2.49. The average molecular weight is 986 g/mol. The van der Waals surface area contributed by atoms with Gasteiger partial charge in [-0.05, 0) is 76.5 Å². The highest BCUT2D eigenvalue weighted by Gasteiger charge is 2.64. The molecule has 18 nitrogen and oxygen atoms in total. The number of ether oxygens (including phenoxy) is 5. The Kier molecular flexibility index (Phi) is 17.1. The summed E-state index contributed by atoms with van der Waals surface area (Å²) < 4.78 is 29.4. The first kappa shape index (κ1) is 52.7. The summed E-state index contributed by atoms with van der Waals surface area (Å²) in [5.74, 6) is -2.17. The Morgan fingerprint density at radius 1 is 1.12 bits per heavy atom. The van der Waals surface area contributed by atoms with Crippen LogP contribution in [0, 0.1) is 17.8 Å². The topological polar surface area (TPSA) is 223 Å². The number of amides is 6. The third kappa shape index (κ3) is 11.7. The van der Waals surface area contributed by atoms with Gasteiger partial charge in [0.2, 0.25) is 37.5 Å². The minimum atomic E-state index is -1.87. The van der Waals surface area contributed by atoms with Crippen LogP contribution in [0.1, 0.15) is 84.6 Å². The van der Waals surface area contributed by atoms with Crippen molar-refractivity contribution in [2.24, 2.45) is 17.8 Å². The fourth-order valence-electron chi connectivity index (χ4n) is 9.73. The molecule has 3 unspecified atom stereocenters. The van der Waals surface area contributed by atoms with Crippen LogP contribution >= 0.6 is 23.4 Å². The number of nitrogens with one attached hydrogen (secondary N) is 2. The number of methoxy groups -OCH3 is 2. The number of likely N-dealkylation sites (tertiary alicyclic amines) is 1. The van der Waals surface area contributed by atoms with Gasteiger partial charge in [0.15, 0.2) is 5.72 Å². The number of benzene rings is 1. The van der Waals surface area contributed by atoms with Crippen LogP contribution in [0.5, 0.6) is 5.75 Å². The third-order valence-electron chi connectivity index (χ3n) is 14.3. The van der Waals surface area contributed by atoms with Gasteiger partial charge in [-0.1, -0.05) is 42.3 Å². The van der Waals surface area contributed by atoms with E-state index in [0.717, 1.165) is 24.0 Å². The van der Waals surface area contributed by atoms with E-state index in [4.69, 9.17) is 35.3 Å². The molecule has 9 atom stereocenters. The number of allylic oxidation sites excluding steroid dienone is 3. The average Bonchev–Trinajstić information content (AvgIpc) is 3.94. The molecule has 372 valence electrons. The van der Waals surface area contributed by atoms with Gasteiger partial charge < -0.3 is 43.8 Å². The molecular weight excluding hydrogens is 921 g/mol. The Bertz CT molecular complexity index is 2190. The van der Waals surface area contributed by atoms with E-state index in [1.807, 2.05) is 13.0 Å². The van der Waals surface area contributed by atoms with E-state index >= 15 is 0 Å². The molecule has 1 aromatic rings. The molecule has 4 fully saturated rings. The first-order valence-corrected chi connectivity index (χ1v) is 24.6. The lowest BCUT2D eigenvalue weighted by Gasteiger charge is -2.42. The fraction of sp³-hybridized carbons (Fsp3) is 0.638. The minimum absolute atomic E-state index is 0.0137. The molecule has 0 aromatic heterocycles. The second kappa shape index (κ2) is 22.0. The highest BCUT2D eigenvalue weighted by molar-refractivity contribution is 8.00. The first-order chi connectivity index (χ1) is 32.1. The number of fused-ring (bicyclic) bond motifs is 5.